The summed E-state index contributed by atoms with van der Waals surface area (Å²) in [6.45, 7) is 5.70. The van der Waals surface area contributed by atoms with Gasteiger partial charge in [0, 0.05) is 124 Å². The summed E-state index contributed by atoms with van der Waals surface area (Å²) in [5.74, 6) is -0.125. The third kappa shape index (κ3) is 23.7. The SMILES string of the molecule is CC(=O)C=C(C)O.CC(=O)C=C(C)O.[Ir].[Ir].[Ir].[Ir].[c-]1ccc2ccccc2c1-c1cc2ccccc2cn1.[c-]1ccccc1-c1ccccn1.[c-]1ccsc1-c1nccc2ccccc12.[c-]1cnccc1-c1nccc2ccccc12.[c-]1cnccc1-c1nccc2ccccc12. The van der Waals surface area contributed by atoms with Gasteiger partial charge in [0.1, 0.15) is 0 Å². The third-order valence-electron chi connectivity index (χ3n) is 13.5. The summed E-state index contributed by atoms with van der Waals surface area (Å²) in [6.07, 6.45) is 18.4. The minimum Gasteiger partial charge on any atom is -0.512 e. The number of ketones is 2. The number of pyridine rings is 7. The van der Waals surface area contributed by atoms with Crippen LogP contribution in [0.25, 0.3) is 109 Å². The number of aliphatic hydroxyl groups excluding tert-OH is 2. The molecule has 7 aromatic carbocycles. The maximum atomic E-state index is 10.0. The number of benzene rings is 7. The van der Waals surface area contributed by atoms with Crippen LogP contribution in [0.15, 0.2) is 303 Å². The van der Waals surface area contributed by atoms with Crippen molar-refractivity contribution >= 4 is 76.8 Å². The van der Waals surface area contributed by atoms with Gasteiger partial charge in [-0.05, 0) is 148 Å². The molecule has 0 aliphatic carbocycles. The second-order valence-corrected chi connectivity index (χ2v) is 21.4. The normalized spacial score (nSPS) is 10.2. The van der Waals surface area contributed by atoms with E-state index < -0.39 is 0 Å². The monoisotopic (exact) mass is 2000 g/mol. The van der Waals surface area contributed by atoms with Gasteiger partial charge in [0.25, 0.3) is 0 Å². The van der Waals surface area contributed by atoms with Gasteiger partial charge in [0.05, 0.1) is 11.5 Å². The van der Waals surface area contributed by atoms with Gasteiger partial charge >= 0.3 is 0 Å². The molecule has 15 rings (SSSR count). The Bertz CT molecular complexity index is 4730. The number of aliphatic hydroxyl groups is 2. The topological polar surface area (TPSA) is 165 Å². The molecule has 8 heterocycles. The molecular formula is C81H62Ir4N7O4S-5. The number of aromatic nitrogens is 7. The number of fused-ring (bicyclic) bond motifs is 5. The molecule has 15 aromatic rings. The molecule has 2 N–H and O–H groups in total. The van der Waals surface area contributed by atoms with Crippen LogP contribution in [0.1, 0.15) is 27.7 Å². The number of hydrogen-bond acceptors (Lipinski definition) is 12. The molecule has 0 unspecified atom stereocenters. The molecular weight excluding hydrogens is 1940 g/mol. The van der Waals surface area contributed by atoms with E-state index in [2.05, 4.69) is 156 Å². The quantitative estimate of drug-likeness (QED) is 0.0886. The maximum Gasteiger partial charge on any atom is 0.155 e. The molecule has 0 aliphatic heterocycles. The predicted octanol–water partition coefficient (Wildman–Crippen LogP) is 19.4. The Labute approximate surface area is 623 Å². The van der Waals surface area contributed by atoms with Crippen LogP contribution in [0.3, 0.4) is 0 Å². The van der Waals surface area contributed by atoms with Gasteiger partial charge in [0.2, 0.25) is 0 Å². The summed E-state index contributed by atoms with van der Waals surface area (Å²) in [5, 5.41) is 30.6. The molecule has 4 radical (unpaired) electrons. The minimum absolute atomic E-state index is 0. The number of carbonyl (C=O) groups is 2. The van der Waals surface area contributed by atoms with Crippen molar-refractivity contribution in [3.8, 4) is 55.6 Å². The first-order chi connectivity index (χ1) is 45.5. The zero-order valence-electron chi connectivity index (χ0n) is 52.8. The summed E-state index contributed by atoms with van der Waals surface area (Å²) in [5.41, 5.74) is 8.95. The van der Waals surface area contributed by atoms with E-state index in [1.807, 2.05) is 158 Å². The average molecular weight is 2000 g/mol. The van der Waals surface area contributed by atoms with E-state index in [9.17, 15) is 9.59 Å². The van der Waals surface area contributed by atoms with Gasteiger partial charge in [-0.1, -0.05) is 150 Å². The van der Waals surface area contributed by atoms with Crippen LogP contribution in [0, 0.1) is 30.3 Å². The van der Waals surface area contributed by atoms with E-state index in [0.29, 0.717) is 0 Å². The van der Waals surface area contributed by atoms with Crippen LogP contribution in [-0.2, 0) is 90.0 Å². The fourth-order valence-corrected chi connectivity index (χ4v) is 10.2. The Balaban J connectivity index is 0.000000208. The van der Waals surface area contributed by atoms with Crippen molar-refractivity contribution in [1.29, 1.82) is 0 Å². The summed E-state index contributed by atoms with van der Waals surface area (Å²) in [4.78, 5) is 51.2. The zero-order valence-corrected chi connectivity index (χ0v) is 63.2. The van der Waals surface area contributed by atoms with Crippen molar-refractivity contribution in [2.24, 2.45) is 0 Å². The van der Waals surface area contributed by atoms with Crippen LogP contribution in [0.5, 0.6) is 0 Å². The molecule has 0 aliphatic rings. The van der Waals surface area contributed by atoms with Crippen LogP contribution in [0.4, 0.5) is 0 Å². The van der Waals surface area contributed by atoms with Crippen LogP contribution >= 0.6 is 11.3 Å². The Morgan fingerprint density at radius 1 is 0.371 bits per heavy atom. The fourth-order valence-electron chi connectivity index (χ4n) is 9.52. The van der Waals surface area contributed by atoms with E-state index in [4.69, 9.17) is 10.2 Å². The first-order valence-electron chi connectivity index (χ1n) is 29.5. The van der Waals surface area contributed by atoms with E-state index in [0.717, 1.165) is 71.8 Å². The molecule has 11 nitrogen and oxygen atoms in total. The molecule has 0 atom stereocenters. The molecule has 0 amide bonds. The van der Waals surface area contributed by atoms with Crippen LogP contribution in [0.2, 0.25) is 0 Å². The second-order valence-electron chi connectivity index (χ2n) is 20.5. The Morgan fingerprint density at radius 2 is 0.835 bits per heavy atom. The van der Waals surface area contributed by atoms with Gasteiger partial charge in [-0.25, -0.2) is 11.3 Å². The van der Waals surface area contributed by atoms with Crippen LogP contribution < -0.4 is 0 Å². The molecule has 492 valence electrons. The van der Waals surface area contributed by atoms with Gasteiger partial charge in [-0.15, -0.1) is 82.6 Å². The number of allylic oxidation sites excluding steroid dienone is 4. The summed E-state index contributed by atoms with van der Waals surface area (Å²) >= 11 is 1.67. The van der Waals surface area contributed by atoms with Crippen molar-refractivity contribution in [2.75, 3.05) is 0 Å². The van der Waals surface area contributed by atoms with Crippen molar-refractivity contribution < 1.29 is 100 Å². The maximum absolute atomic E-state index is 10.0. The van der Waals surface area contributed by atoms with Gasteiger partial charge in [-0.3, -0.25) is 19.6 Å². The number of thiophene rings is 1. The van der Waals surface area contributed by atoms with Gasteiger partial charge < -0.3 is 35.1 Å². The van der Waals surface area contributed by atoms with E-state index in [-0.39, 0.29) is 104 Å². The summed E-state index contributed by atoms with van der Waals surface area (Å²) in [6, 6.07) is 88.9. The van der Waals surface area contributed by atoms with Gasteiger partial charge in [-0.2, -0.15) is 35.4 Å². The van der Waals surface area contributed by atoms with Crippen molar-refractivity contribution in [3.63, 3.8) is 0 Å². The van der Waals surface area contributed by atoms with Crippen molar-refractivity contribution in [3.05, 3.63) is 334 Å². The van der Waals surface area contributed by atoms with E-state index in [1.165, 1.54) is 77.6 Å². The van der Waals surface area contributed by atoms with E-state index in [1.54, 1.807) is 42.3 Å². The molecule has 16 heteroatoms. The first-order valence-corrected chi connectivity index (χ1v) is 30.4. The molecule has 0 fully saturated rings. The number of hydrogen-bond donors (Lipinski definition) is 2. The molecule has 0 bridgehead atoms. The Morgan fingerprint density at radius 3 is 1.28 bits per heavy atom. The largest absolute Gasteiger partial charge is 0.512 e. The number of carbonyl (C=O) groups excluding carboxylic acids is 2. The molecule has 0 saturated carbocycles. The third-order valence-corrected chi connectivity index (χ3v) is 14.4. The minimum atomic E-state index is -0.125. The van der Waals surface area contributed by atoms with E-state index >= 15 is 0 Å². The van der Waals surface area contributed by atoms with Crippen LogP contribution in [-0.4, -0.2) is 56.7 Å². The molecule has 0 spiro atoms. The molecule has 0 saturated heterocycles. The van der Waals surface area contributed by atoms with Crippen molar-refractivity contribution in [1.82, 2.24) is 34.9 Å². The van der Waals surface area contributed by atoms with Gasteiger partial charge in [0.15, 0.2) is 11.6 Å². The fraction of sp³-hybridized carbons (Fsp3) is 0.0494. The Kier molecular flexibility index (Phi) is 33.5. The zero-order chi connectivity index (χ0) is 65.0. The average Bonchev–Trinajstić information content (AvgIpc) is 1.45. The second kappa shape index (κ2) is 41.5. The standard InChI is InChI=1S/C19H12N.2C14H9N2.C13H8NS.C11H8N.2C5H8O2.4Ir/c1-2-8-16-13-20-19(12-15(16)7-1)18-11-5-9-14-6-3-4-10-17(14)18;2*1-2-4-13-11(3-1)7-10-16-14(13)12-5-8-15-9-6-12;1-2-5-11-10(4-1)7-8-14-13(11)12-6-3-9-15-12;1-2-6-10(7-3-1)11-8-4-5-9-12-11;2*1-4(6)3-5(2)7;;;;/h1-10,12-13H;2*1-5,7-10H;1-5,7-9H;1-6,8-9H;2*3,6H,1-2H3;;;;/q5*-1;;;;;;. The first kappa shape index (κ1) is 78.3. The number of rotatable bonds is 7. The molecule has 8 aromatic heterocycles. The number of nitrogens with zero attached hydrogens (tertiary/aromatic N) is 7. The molecule has 97 heavy (non-hydrogen) atoms. The summed E-state index contributed by atoms with van der Waals surface area (Å²) in [7, 11) is 0. The predicted molar refractivity (Wildman–Crippen MR) is 378 cm³/mol. The Hall–Kier alpha value is -9.39. The summed E-state index contributed by atoms with van der Waals surface area (Å²) < 4.78 is 0. The smallest absolute Gasteiger partial charge is 0.155 e. The van der Waals surface area contributed by atoms with Crippen molar-refractivity contribution in [2.45, 2.75) is 27.7 Å².